The zero-order chi connectivity index (χ0) is 24.6. The van der Waals surface area contributed by atoms with Crippen molar-refractivity contribution in [1.29, 1.82) is 5.26 Å². The van der Waals surface area contributed by atoms with Crippen molar-refractivity contribution in [2.24, 2.45) is 0 Å². The van der Waals surface area contributed by atoms with Gasteiger partial charge in [-0.1, -0.05) is 0 Å². The van der Waals surface area contributed by atoms with Crippen LogP contribution in [-0.4, -0.2) is 43.6 Å². The van der Waals surface area contributed by atoms with E-state index in [1.54, 1.807) is 43.3 Å². The Labute approximate surface area is 194 Å². The summed E-state index contributed by atoms with van der Waals surface area (Å²) in [5.74, 6) is -0.309. The monoisotopic (exact) mass is 452 g/mol. The third-order valence-corrected chi connectivity index (χ3v) is 6.44. The molecule has 8 nitrogen and oxygen atoms in total. The van der Waals surface area contributed by atoms with Gasteiger partial charge in [0.1, 0.15) is 0 Å². The van der Waals surface area contributed by atoms with Crippen LogP contribution in [0.3, 0.4) is 0 Å². The highest BCUT2D eigenvalue weighted by atomic mass is 16.7. The molecule has 1 aliphatic heterocycles. The van der Waals surface area contributed by atoms with Crippen molar-refractivity contribution >= 4 is 24.2 Å². The zero-order valence-corrected chi connectivity index (χ0v) is 20.0. The van der Waals surface area contributed by atoms with E-state index in [1.807, 2.05) is 27.7 Å². The Balaban J connectivity index is 2.18. The van der Waals surface area contributed by atoms with E-state index in [4.69, 9.17) is 24.0 Å². The van der Waals surface area contributed by atoms with Gasteiger partial charge in [-0.25, -0.2) is 4.79 Å². The summed E-state index contributed by atoms with van der Waals surface area (Å²) in [7, 11) is 2.17. The summed E-state index contributed by atoms with van der Waals surface area (Å²) in [5, 5.41) is 22.5. The lowest BCUT2D eigenvalue weighted by atomic mass is 9.70. The fourth-order valence-corrected chi connectivity index (χ4v) is 3.65. The number of nitriles is 1. The largest absolute Gasteiger partial charge is 0.495 e. The first-order valence-corrected chi connectivity index (χ1v) is 10.5. The standard InChI is InChI=1S/C24H29BN2O6/c1-22(2)23(3,4)33-25(32-22)18-13-20(31-7)19(30-6)12-17(18)24(5,21(28)29)27-16-10-8-15(14-26)9-11-16/h8-13,27H,1-7H3,(H,28,29). The van der Waals surface area contributed by atoms with Crippen LogP contribution >= 0.6 is 0 Å². The summed E-state index contributed by atoms with van der Waals surface area (Å²) in [6, 6.07) is 11.9. The number of anilines is 1. The number of ether oxygens (including phenoxy) is 2. The summed E-state index contributed by atoms with van der Waals surface area (Å²) in [4.78, 5) is 12.7. The van der Waals surface area contributed by atoms with Crippen molar-refractivity contribution in [2.75, 3.05) is 19.5 Å². The van der Waals surface area contributed by atoms with Crippen LogP contribution in [0.2, 0.25) is 0 Å². The number of aliphatic carboxylic acids is 1. The molecule has 33 heavy (non-hydrogen) atoms. The molecule has 0 bridgehead atoms. The molecule has 1 fully saturated rings. The van der Waals surface area contributed by atoms with Gasteiger partial charge in [0.2, 0.25) is 0 Å². The van der Waals surface area contributed by atoms with Crippen LogP contribution in [0.4, 0.5) is 5.69 Å². The first-order chi connectivity index (χ1) is 15.4. The summed E-state index contributed by atoms with van der Waals surface area (Å²) >= 11 is 0. The molecule has 0 aliphatic carbocycles. The molecule has 9 heteroatoms. The number of nitrogens with zero attached hydrogens (tertiary/aromatic N) is 1. The number of carbonyl (C=O) groups is 1. The van der Waals surface area contributed by atoms with Gasteiger partial charge in [0.15, 0.2) is 17.0 Å². The third-order valence-electron chi connectivity index (χ3n) is 6.44. The Morgan fingerprint density at radius 2 is 1.58 bits per heavy atom. The molecule has 0 saturated carbocycles. The highest BCUT2D eigenvalue weighted by Gasteiger charge is 2.54. The van der Waals surface area contributed by atoms with Crippen LogP contribution < -0.4 is 20.3 Å². The molecule has 1 aliphatic rings. The molecule has 0 spiro atoms. The van der Waals surface area contributed by atoms with E-state index in [9.17, 15) is 9.90 Å². The molecular weight excluding hydrogens is 423 g/mol. The van der Waals surface area contributed by atoms with Crippen LogP contribution in [0.25, 0.3) is 0 Å². The highest BCUT2D eigenvalue weighted by molar-refractivity contribution is 6.63. The second-order valence-corrected chi connectivity index (χ2v) is 9.13. The lowest BCUT2D eigenvalue weighted by Crippen LogP contribution is -2.48. The smallest absolute Gasteiger partial charge is 0.493 e. The minimum Gasteiger partial charge on any atom is -0.493 e. The van der Waals surface area contributed by atoms with Crippen molar-refractivity contribution < 1.29 is 28.7 Å². The van der Waals surface area contributed by atoms with Crippen molar-refractivity contribution in [1.82, 2.24) is 0 Å². The van der Waals surface area contributed by atoms with E-state index in [0.717, 1.165) is 0 Å². The lowest BCUT2D eigenvalue weighted by Gasteiger charge is -2.32. The van der Waals surface area contributed by atoms with Gasteiger partial charge in [-0.15, -0.1) is 0 Å². The first kappa shape index (κ1) is 24.4. The average Bonchev–Trinajstić information content (AvgIpc) is 2.99. The van der Waals surface area contributed by atoms with Crippen LogP contribution in [-0.2, 0) is 19.6 Å². The van der Waals surface area contributed by atoms with Crippen molar-refractivity contribution in [3.8, 4) is 17.6 Å². The van der Waals surface area contributed by atoms with Gasteiger partial charge in [0.05, 0.1) is 37.1 Å². The number of hydrogen-bond acceptors (Lipinski definition) is 7. The fourth-order valence-electron chi connectivity index (χ4n) is 3.65. The molecule has 1 heterocycles. The van der Waals surface area contributed by atoms with Gasteiger partial charge in [-0.05, 0) is 82.0 Å². The van der Waals surface area contributed by atoms with Gasteiger partial charge in [-0.2, -0.15) is 5.26 Å². The molecule has 2 aromatic rings. The Kier molecular flexibility index (Phi) is 6.38. The van der Waals surface area contributed by atoms with Crippen LogP contribution in [0.15, 0.2) is 36.4 Å². The Hall–Kier alpha value is -3.22. The SMILES string of the molecule is COc1cc(B2OC(C)(C)C(C)(C)O2)c(C(C)(Nc2ccc(C#N)cc2)C(=O)O)cc1OC. The summed E-state index contributed by atoms with van der Waals surface area (Å²) in [6.45, 7) is 9.28. The van der Waals surface area contributed by atoms with Gasteiger partial charge < -0.3 is 29.2 Å². The van der Waals surface area contributed by atoms with E-state index in [0.29, 0.717) is 33.8 Å². The molecule has 0 aromatic heterocycles. The molecule has 2 aromatic carbocycles. The number of hydrogen-bond donors (Lipinski definition) is 2. The Bertz CT molecular complexity index is 1080. The van der Waals surface area contributed by atoms with E-state index in [-0.39, 0.29) is 0 Å². The van der Waals surface area contributed by atoms with Crippen LogP contribution in [0, 0.1) is 11.3 Å². The maximum atomic E-state index is 12.7. The average molecular weight is 452 g/mol. The van der Waals surface area contributed by atoms with E-state index in [2.05, 4.69) is 11.4 Å². The van der Waals surface area contributed by atoms with Crippen molar-refractivity contribution in [3.05, 3.63) is 47.5 Å². The Morgan fingerprint density at radius 1 is 1.06 bits per heavy atom. The zero-order valence-electron chi connectivity index (χ0n) is 20.0. The van der Waals surface area contributed by atoms with Gasteiger partial charge in [-0.3, -0.25) is 0 Å². The quantitative estimate of drug-likeness (QED) is 0.616. The minimum absolute atomic E-state index is 0.377. The van der Waals surface area contributed by atoms with Gasteiger partial charge >= 0.3 is 13.1 Å². The second kappa shape index (κ2) is 8.62. The number of carboxylic acid groups (broad SMARTS) is 1. The number of carboxylic acids is 1. The maximum absolute atomic E-state index is 12.7. The molecule has 0 amide bonds. The van der Waals surface area contributed by atoms with E-state index in [1.165, 1.54) is 14.2 Å². The molecule has 3 rings (SSSR count). The summed E-state index contributed by atoms with van der Waals surface area (Å²) in [6.07, 6.45) is 0. The van der Waals surface area contributed by atoms with Gasteiger partial charge in [0.25, 0.3) is 0 Å². The first-order valence-electron chi connectivity index (χ1n) is 10.5. The molecule has 1 saturated heterocycles. The minimum atomic E-state index is -1.59. The summed E-state index contributed by atoms with van der Waals surface area (Å²) in [5.41, 5.74) is -0.917. The molecule has 174 valence electrons. The molecule has 0 radical (unpaired) electrons. The van der Waals surface area contributed by atoms with Crippen molar-refractivity contribution in [3.63, 3.8) is 0 Å². The predicted molar refractivity (Wildman–Crippen MR) is 125 cm³/mol. The third kappa shape index (κ3) is 4.36. The summed E-state index contributed by atoms with van der Waals surface area (Å²) < 4.78 is 23.4. The van der Waals surface area contributed by atoms with E-state index >= 15 is 0 Å². The predicted octanol–water partition coefficient (Wildman–Crippen LogP) is 3.29. The number of rotatable bonds is 7. The second-order valence-electron chi connectivity index (χ2n) is 9.13. The number of methoxy groups -OCH3 is 2. The number of nitrogens with one attached hydrogen (secondary N) is 1. The lowest BCUT2D eigenvalue weighted by molar-refractivity contribution is -0.142. The molecule has 1 unspecified atom stereocenters. The highest BCUT2D eigenvalue weighted by Crippen LogP contribution is 2.40. The molecule has 1 atom stereocenters. The van der Waals surface area contributed by atoms with Crippen molar-refractivity contribution in [2.45, 2.75) is 51.4 Å². The van der Waals surface area contributed by atoms with Crippen LogP contribution in [0.5, 0.6) is 11.5 Å². The normalized spacial score (nSPS) is 18.2. The molecule has 2 N–H and O–H groups in total. The fraction of sp³-hybridized carbons (Fsp3) is 0.417. The van der Waals surface area contributed by atoms with E-state index < -0.39 is 29.8 Å². The number of benzene rings is 2. The maximum Gasteiger partial charge on any atom is 0.495 e. The Morgan fingerprint density at radius 3 is 2.03 bits per heavy atom. The van der Waals surface area contributed by atoms with Crippen LogP contribution in [0.1, 0.15) is 45.7 Å². The van der Waals surface area contributed by atoms with Gasteiger partial charge in [0, 0.05) is 5.69 Å². The molecular formula is C24H29BN2O6. The topological polar surface area (TPSA) is 110 Å².